The van der Waals surface area contributed by atoms with Gasteiger partial charge in [-0.25, -0.2) is 0 Å². The number of ether oxygens (including phenoxy) is 4. The van der Waals surface area contributed by atoms with Crippen LogP contribution in [0.3, 0.4) is 0 Å². The fourth-order valence-corrected chi connectivity index (χ4v) is 6.41. The van der Waals surface area contributed by atoms with Crippen molar-refractivity contribution in [3.63, 3.8) is 0 Å². The maximum absolute atomic E-state index is 11.7. The summed E-state index contributed by atoms with van der Waals surface area (Å²) >= 11 is 0. The van der Waals surface area contributed by atoms with E-state index in [0.717, 1.165) is 16.9 Å². The maximum Gasteiger partial charge on any atom is 0.308 e. The molecule has 0 unspecified atom stereocenters. The van der Waals surface area contributed by atoms with Gasteiger partial charge in [0.1, 0.15) is 23.1 Å². The summed E-state index contributed by atoms with van der Waals surface area (Å²) in [6, 6.07) is 5.55. The van der Waals surface area contributed by atoms with Crippen molar-refractivity contribution in [3.05, 3.63) is 35.1 Å². The Bertz CT molecular complexity index is 1060. The van der Waals surface area contributed by atoms with Gasteiger partial charge in [0.2, 0.25) is 5.79 Å². The Labute approximate surface area is 161 Å². The molecular weight excluding hydrogens is 362 g/mol. The number of benzene rings is 1. The number of rotatable bonds is 2. The molecule has 1 aromatic heterocycles. The number of aromatic nitrogens is 1. The van der Waals surface area contributed by atoms with Gasteiger partial charge in [0.05, 0.1) is 17.1 Å². The van der Waals surface area contributed by atoms with E-state index < -0.39 is 17.2 Å². The van der Waals surface area contributed by atoms with Crippen molar-refractivity contribution in [1.29, 1.82) is 0 Å². The fourth-order valence-electron chi connectivity index (χ4n) is 6.41. The first-order chi connectivity index (χ1) is 13.3. The lowest BCUT2D eigenvalue weighted by Gasteiger charge is -2.49. The third-order valence-corrected chi connectivity index (χ3v) is 7.21. The molecular formula is C21H21NO6. The molecule has 0 spiro atoms. The van der Waals surface area contributed by atoms with E-state index in [-0.39, 0.29) is 23.7 Å². The molecule has 0 radical (unpaired) electrons. The quantitative estimate of drug-likeness (QED) is 0.447. The molecule has 2 fully saturated rings. The average Bonchev–Trinajstić information content (AvgIpc) is 3.02. The molecule has 146 valence electrons. The number of carbonyl (C=O) groups excluding carboxylic acids is 1. The number of carbonyl (C=O) groups is 1. The summed E-state index contributed by atoms with van der Waals surface area (Å²) in [6.45, 7) is 7.70. The van der Waals surface area contributed by atoms with Crippen molar-refractivity contribution < 1.29 is 28.3 Å². The molecule has 28 heavy (non-hydrogen) atoms. The van der Waals surface area contributed by atoms with E-state index in [4.69, 9.17) is 23.5 Å². The van der Waals surface area contributed by atoms with Crippen molar-refractivity contribution in [2.24, 2.45) is 5.92 Å². The zero-order chi connectivity index (χ0) is 19.6. The molecule has 6 atom stereocenters. The van der Waals surface area contributed by atoms with Crippen LogP contribution < -0.4 is 4.74 Å². The molecule has 2 saturated heterocycles. The number of esters is 1. The Morgan fingerprint density at radius 3 is 2.75 bits per heavy atom. The predicted molar refractivity (Wildman–Crippen MR) is 95.6 cm³/mol. The second-order valence-electron chi connectivity index (χ2n) is 8.55. The highest BCUT2D eigenvalue weighted by Crippen LogP contribution is 2.76. The van der Waals surface area contributed by atoms with E-state index >= 15 is 0 Å². The van der Waals surface area contributed by atoms with Gasteiger partial charge < -0.3 is 23.5 Å². The van der Waals surface area contributed by atoms with Gasteiger partial charge in [0, 0.05) is 31.1 Å². The molecule has 2 aromatic rings. The molecule has 2 aliphatic carbocycles. The van der Waals surface area contributed by atoms with Crippen molar-refractivity contribution in [2.45, 2.75) is 56.7 Å². The van der Waals surface area contributed by atoms with E-state index in [9.17, 15) is 4.79 Å². The molecule has 6 rings (SSSR count). The van der Waals surface area contributed by atoms with Crippen LogP contribution in [0.5, 0.6) is 5.75 Å². The van der Waals surface area contributed by atoms with Crippen LogP contribution in [0.1, 0.15) is 50.7 Å². The highest BCUT2D eigenvalue weighted by atomic mass is 16.7. The number of nitrogens with zero attached hydrogens (tertiary/aromatic N) is 1. The normalized spacial score (nSPS) is 41.1. The molecule has 3 heterocycles. The van der Waals surface area contributed by atoms with Gasteiger partial charge >= 0.3 is 5.97 Å². The van der Waals surface area contributed by atoms with Gasteiger partial charge in [-0.2, -0.15) is 0 Å². The van der Waals surface area contributed by atoms with Crippen LogP contribution in [0.25, 0.3) is 11.3 Å². The van der Waals surface area contributed by atoms with Crippen LogP contribution in [0.15, 0.2) is 22.7 Å². The minimum Gasteiger partial charge on any atom is -0.426 e. The smallest absolute Gasteiger partial charge is 0.308 e. The van der Waals surface area contributed by atoms with Crippen molar-refractivity contribution in [1.82, 2.24) is 5.16 Å². The van der Waals surface area contributed by atoms with Crippen LogP contribution >= 0.6 is 0 Å². The van der Waals surface area contributed by atoms with E-state index in [0.29, 0.717) is 17.0 Å². The summed E-state index contributed by atoms with van der Waals surface area (Å²) in [4.78, 5) is 11.7. The summed E-state index contributed by atoms with van der Waals surface area (Å²) in [7, 11) is 1.66. The Morgan fingerprint density at radius 1 is 1.25 bits per heavy atom. The van der Waals surface area contributed by atoms with Crippen LogP contribution in [0, 0.1) is 5.92 Å². The number of methoxy groups -OCH3 is 1. The van der Waals surface area contributed by atoms with Crippen molar-refractivity contribution in [3.8, 4) is 17.0 Å². The lowest BCUT2D eigenvalue weighted by atomic mass is 9.54. The lowest BCUT2D eigenvalue weighted by molar-refractivity contribution is -0.245. The monoisotopic (exact) mass is 383 g/mol. The summed E-state index contributed by atoms with van der Waals surface area (Å²) in [6.07, 6.45) is -0.262. The molecule has 0 N–H and O–H groups in total. The SMILES string of the molecule is CO[C@]12O[C@H](C)[C@H]3[C@@]4(C)O[C@H]4c4onc(c4[C@]31C)-c1c(OC(C)=O)cccc12. The van der Waals surface area contributed by atoms with E-state index in [1.807, 2.05) is 12.1 Å². The predicted octanol–water partition coefficient (Wildman–Crippen LogP) is 3.22. The summed E-state index contributed by atoms with van der Waals surface area (Å²) in [5.74, 6) is -0.262. The Morgan fingerprint density at radius 2 is 2.04 bits per heavy atom. The molecule has 0 bridgehead atoms. The molecule has 7 heteroatoms. The first kappa shape index (κ1) is 16.7. The van der Waals surface area contributed by atoms with Crippen LogP contribution in [-0.4, -0.2) is 29.9 Å². The minimum absolute atomic E-state index is 0.0566. The van der Waals surface area contributed by atoms with E-state index in [1.165, 1.54) is 6.92 Å². The average molecular weight is 383 g/mol. The molecule has 7 nitrogen and oxygen atoms in total. The second kappa shape index (κ2) is 4.67. The zero-order valence-corrected chi connectivity index (χ0v) is 16.4. The van der Waals surface area contributed by atoms with Gasteiger partial charge in [0.15, 0.2) is 5.76 Å². The zero-order valence-electron chi connectivity index (χ0n) is 16.4. The van der Waals surface area contributed by atoms with Gasteiger partial charge in [-0.1, -0.05) is 17.3 Å². The first-order valence-corrected chi connectivity index (χ1v) is 9.52. The number of hydrogen-bond donors (Lipinski definition) is 0. The molecule has 1 aromatic carbocycles. The number of fused-ring (bicyclic) bond motifs is 6. The number of hydrogen-bond acceptors (Lipinski definition) is 7. The summed E-state index contributed by atoms with van der Waals surface area (Å²) in [5.41, 5.74) is 2.14. The highest BCUT2D eigenvalue weighted by Gasteiger charge is 2.81. The maximum atomic E-state index is 11.7. The standard InChI is InChI=1S/C21H21NO6/c1-9-17-19(3)14-15(22-28-16(14)18-20(17,4)27-18)13-11(21(19,24-5)26-9)7-6-8-12(13)25-10(2)23/h6-9,17-18H,1-5H3/t9-,17-,18+,19-,20-,21-/m1/s1. The molecule has 0 saturated carbocycles. The Balaban J connectivity index is 1.75. The second-order valence-corrected chi connectivity index (χ2v) is 8.55. The van der Waals surface area contributed by atoms with E-state index in [2.05, 4.69) is 25.9 Å². The third kappa shape index (κ3) is 1.50. The van der Waals surface area contributed by atoms with Crippen LogP contribution in [-0.2, 0) is 30.2 Å². The van der Waals surface area contributed by atoms with Crippen LogP contribution in [0.4, 0.5) is 0 Å². The van der Waals surface area contributed by atoms with Gasteiger partial charge in [0.25, 0.3) is 0 Å². The largest absolute Gasteiger partial charge is 0.426 e. The molecule has 4 aliphatic rings. The van der Waals surface area contributed by atoms with E-state index in [1.54, 1.807) is 13.2 Å². The van der Waals surface area contributed by atoms with Gasteiger partial charge in [-0.05, 0) is 26.8 Å². The first-order valence-electron chi connectivity index (χ1n) is 9.52. The fraction of sp³-hybridized carbons (Fsp3) is 0.524. The highest BCUT2D eigenvalue weighted by molar-refractivity contribution is 5.83. The van der Waals surface area contributed by atoms with Crippen molar-refractivity contribution in [2.75, 3.05) is 7.11 Å². The summed E-state index contributed by atoms with van der Waals surface area (Å²) in [5, 5.41) is 4.41. The van der Waals surface area contributed by atoms with Crippen LogP contribution in [0.2, 0.25) is 0 Å². The van der Waals surface area contributed by atoms with Gasteiger partial charge in [-0.15, -0.1) is 0 Å². The Hall–Kier alpha value is -2.22. The Kier molecular flexibility index (Phi) is 2.79. The molecule has 0 amide bonds. The topological polar surface area (TPSA) is 83.3 Å². The lowest BCUT2D eigenvalue weighted by Crippen LogP contribution is -2.55. The number of epoxide rings is 1. The van der Waals surface area contributed by atoms with Crippen molar-refractivity contribution >= 4 is 5.97 Å². The van der Waals surface area contributed by atoms with Gasteiger partial charge in [-0.3, -0.25) is 4.79 Å². The minimum atomic E-state index is -1.06. The summed E-state index contributed by atoms with van der Waals surface area (Å²) < 4.78 is 30.3. The third-order valence-electron chi connectivity index (χ3n) is 7.21. The molecule has 2 aliphatic heterocycles.